The van der Waals surface area contributed by atoms with Crippen LogP contribution in [0.25, 0.3) is 5.69 Å². The molecule has 0 aliphatic heterocycles. The van der Waals surface area contributed by atoms with Crippen molar-refractivity contribution in [2.45, 2.75) is 6.92 Å². The topological polar surface area (TPSA) is 67.7 Å². The summed E-state index contributed by atoms with van der Waals surface area (Å²) in [6.07, 6.45) is 3.48. The first kappa shape index (κ1) is 15.3. The highest BCUT2D eigenvalue weighted by Crippen LogP contribution is 2.25. The zero-order chi connectivity index (χ0) is 17.1. The van der Waals surface area contributed by atoms with E-state index in [1.807, 2.05) is 48.7 Å². The van der Waals surface area contributed by atoms with E-state index in [0.717, 1.165) is 27.8 Å². The molecule has 0 bridgehead atoms. The number of nitrogens with zero attached hydrogens (tertiary/aromatic N) is 4. The molecule has 2 aromatic carbocycles. The van der Waals surface area contributed by atoms with Crippen LogP contribution in [0.15, 0.2) is 66.4 Å². The highest BCUT2D eigenvalue weighted by atomic mass is 32.1. The third-order valence-electron chi connectivity index (χ3n) is 3.53. The minimum atomic E-state index is 0.551. The van der Waals surface area contributed by atoms with E-state index in [1.54, 1.807) is 28.5 Å². The van der Waals surface area contributed by atoms with Gasteiger partial charge >= 0.3 is 0 Å². The van der Waals surface area contributed by atoms with Crippen LogP contribution in [0, 0.1) is 6.92 Å². The van der Waals surface area contributed by atoms with Gasteiger partial charge in [0.2, 0.25) is 5.95 Å². The van der Waals surface area contributed by atoms with Crippen molar-refractivity contribution in [3.63, 3.8) is 0 Å². The largest absolute Gasteiger partial charge is 0.331 e. The lowest BCUT2D eigenvalue weighted by atomic mass is 10.2. The average molecular weight is 348 g/mol. The van der Waals surface area contributed by atoms with Gasteiger partial charge in [0.05, 0.1) is 5.69 Å². The molecule has 25 heavy (non-hydrogen) atoms. The van der Waals surface area contributed by atoms with Crippen molar-refractivity contribution in [2.75, 3.05) is 10.6 Å². The summed E-state index contributed by atoms with van der Waals surface area (Å²) in [7, 11) is 0. The number of para-hydroxylation sites is 1. The number of benzene rings is 2. The van der Waals surface area contributed by atoms with Gasteiger partial charge in [0, 0.05) is 23.0 Å². The number of rotatable bonds is 5. The van der Waals surface area contributed by atoms with Crippen molar-refractivity contribution in [3.8, 4) is 5.69 Å². The molecular formula is C18H16N6S. The van der Waals surface area contributed by atoms with Crippen LogP contribution in [0.4, 0.5) is 22.5 Å². The summed E-state index contributed by atoms with van der Waals surface area (Å²) in [6.45, 7) is 2.05. The molecule has 7 heteroatoms. The quantitative estimate of drug-likeness (QED) is 0.555. The Morgan fingerprint density at radius 2 is 1.76 bits per heavy atom. The number of anilines is 4. The second-order valence-corrected chi connectivity index (χ2v) is 6.42. The summed E-state index contributed by atoms with van der Waals surface area (Å²) in [6, 6.07) is 16.0. The summed E-state index contributed by atoms with van der Waals surface area (Å²) < 4.78 is 1.74. The van der Waals surface area contributed by atoms with Crippen LogP contribution in [-0.2, 0) is 0 Å². The minimum absolute atomic E-state index is 0.551. The maximum absolute atomic E-state index is 4.47. The Balaban J connectivity index is 1.54. The molecule has 0 saturated carbocycles. The second kappa shape index (κ2) is 6.74. The van der Waals surface area contributed by atoms with Crippen molar-refractivity contribution in [2.24, 2.45) is 0 Å². The molecule has 0 fully saturated rings. The van der Waals surface area contributed by atoms with Crippen LogP contribution in [0.5, 0.6) is 0 Å². The fourth-order valence-electron chi connectivity index (χ4n) is 2.49. The highest BCUT2D eigenvalue weighted by Gasteiger charge is 2.05. The van der Waals surface area contributed by atoms with Gasteiger partial charge in [-0.2, -0.15) is 4.98 Å². The van der Waals surface area contributed by atoms with Gasteiger partial charge in [0.25, 0.3) is 0 Å². The van der Waals surface area contributed by atoms with Crippen LogP contribution in [0.2, 0.25) is 0 Å². The van der Waals surface area contributed by atoms with Gasteiger partial charge in [-0.3, -0.25) is 0 Å². The van der Waals surface area contributed by atoms with Crippen LogP contribution in [0.3, 0.4) is 0 Å². The van der Waals surface area contributed by atoms with Crippen LogP contribution < -0.4 is 10.6 Å². The Hall–Kier alpha value is -3.19. The number of hydrogen-bond acceptors (Lipinski definition) is 6. The third kappa shape index (κ3) is 3.67. The number of hydrogen-bond donors (Lipinski definition) is 2. The van der Waals surface area contributed by atoms with E-state index in [0.29, 0.717) is 5.95 Å². The molecule has 4 aromatic rings. The van der Waals surface area contributed by atoms with Gasteiger partial charge in [-0.25, -0.2) is 9.67 Å². The Kier molecular flexibility index (Phi) is 4.14. The van der Waals surface area contributed by atoms with Gasteiger partial charge < -0.3 is 10.6 Å². The molecule has 0 spiro atoms. The van der Waals surface area contributed by atoms with E-state index >= 15 is 0 Å². The molecular weight excluding hydrogens is 332 g/mol. The third-order valence-corrected chi connectivity index (χ3v) is 4.22. The summed E-state index contributed by atoms with van der Waals surface area (Å²) in [5.41, 5.74) is 4.00. The van der Waals surface area contributed by atoms with Crippen LogP contribution in [0.1, 0.15) is 5.56 Å². The smallest absolute Gasteiger partial charge is 0.246 e. The van der Waals surface area contributed by atoms with Gasteiger partial charge in [-0.1, -0.05) is 18.2 Å². The van der Waals surface area contributed by atoms with E-state index in [2.05, 4.69) is 37.8 Å². The number of nitrogens with one attached hydrogen (secondary N) is 2. The van der Waals surface area contributed by atoms with Crippen molar-refractivity contribution in [1.29, 1.82) is 0 Å². The fourth-order valence-corrected chi connectivity index (χ4v) is 3.04. The first-order chi connectivity index (χ1) is 12.3. The molecule has 0 saturated heterocycles. The molecule has 0 radical (unpaired) electrons. The maximum Gasteiger partial charge on any atom is 0.246 e. The Morgan fingerprint density at radius 3 is 2.52 bits per heavy atom. The number of aryl methyl sites for hydroxylation is 1. The molecule has 124 valence electrons. The lowest BCUT2D eigenvalue weighted by Crippen LogP contribution is -1.98. The number of thiazole rings is 1. The molecule has 0 aliphatic rings. The summed E-state index contributed by atoms with van der Waals surface area (Å²) >= 11 is 1.56. The zero-order valence-corrected chi connectivity index (χ0v) is 14.4. The average Bonchev–Trinajstić information content (AvgIpc) is 3.27. The predicted molar refractivity (Wildman–Crippen MR) is 101 cm³/mol. The number of aromatic nitrogens is 4. The van der Waals surface area contributed by atoms with Crippen molar-refractivity contribution < 1.29 is 0 Å². The first-order valence-corrected chi connectivity index (χ1v) is 8.66. The van der Waals surface area contributed by atoms with Crippen molar-refractivity contribution in [3.05, 3.63) is 72.0 Å². The lowest BCUT2D eigenvalue weighted by Gasteiger charge is -2.08. The van der Waals surface area contributed by atoms with Gasteiger partial charge in [0.15, 0.2) is 5.13 Å². The molecule has 4 rings (SSSR count). The minimum Gasteiger partial charge on any atom is -0.331 e. The van der Waals surface area contributed by atoms with E-state index < -0.39 is 0 Å². The van der Waals surface area contributed by atoms with Crippen molar-refractivity contribution >= 4 is 33.8 Å². The SMILES string of the molecule is Cc1cc(Nc2ncn(-c3ccccc3)n2)cc(Nc2nccs2)c1. The van der Waals surface area contributed by atoms with Gasteiger partial charge in [-0.05, 0) is 42.8 Å². The normalized spacial score (nSPS) is 10.6. The summed E-state index contributed by atoms with van der Waals surface area (Å²) in [4.78, 5) is 8.58. The Labute approximate surface area is 149 Å². The highest BCUT2D eigenvalue weighted by molar-refractivity contribution is 7.13. The van der Waals surface area contributed by atoms with Gasteiger partial charge in [0.1, 0.15) is 6.33 Å². The van der Waals surface area contributed by atoms with Crippen LogP contribution in [-0.4, -0.2) is 19.7 Å². The lowest BCUT2D eigenvalue weighted by molar-refractivity contribution is 0.882. The van der Waals surface area contributed by atoms with E-state index in [9.17, 15) is 0 Å². The van der Waals surface area contributed by atoms with E-state index in [-0.39, 0.29) is 0 Å². The molecule has 6 nitrogen and oxygen atoms in total. The van der Waals surface area contributed by atoms with Crippen molar-refractivity contribution in [1.82, 2.24) is 19.7 Å². The summed E-state index contributed by atoms with van der Waals surface area (Å²) in [5, 5.41) is 13.8. The Morgan fingerprint density at radius 1 is 0.960 bits per heavy atom. The molecule has 2 N–H and O–H groups in total. The molecule has 0 aliphatic carbocycles. The molecule has 0 amide bonds. The summed E-state index contributed by atoms with van der Waals surface area (Å²) in [5.74, 6) is 0.551. The second-order valence-electron chi connectivity index (χ2n) is 5.52. The monoisotopic (exact) mass is 348 g/mol. The first-order valence-electron chi connectivity index (χ1n) is 7.78. The maximum atomic E-state index is 4.47. The van der Waals surface area contributed by atoms with E-state index in [1.165, 1.54) is 0 Å². The standard InChI is InChI=1S/C18H16N6S/c1-13-9-14(11-15(10-13)22-18-19-7-8-25-18)21-17-20-12-24(23-17)16-5-3-2-4-6-16/h2-12H,1H3,(H,19,22)(H,21,23). The fraction of sp³-hybridized carbons (Fsp3) is 0.0556. The van der Waals surface area contributed by atoms with Crippen LogP contribution >= 0.6 is 11.3 Å². The zero-order valence-electron chi connectivity index (χ0n) is 13.5. The van der Waals surface area contributed by atoms with Gasteiger partial charge in [-0.15, -0.1) is 16.4 Å². The molecule has 2 heterocycles. The predicted octanol–water partition coefficient (Wildman–Crippen LogP) is 4.52. The molecule has 0 atom stereocenters. The Bertz CT molecular complexity index is 962. The molecule has 2 aromatic heterocycles. The van der Waals surface area contributed by atoms with E-state index in [4.69, 9.17) is 0 Å². The molecule has 0 unspecified atom stereocenters.